The maximum absolute atomic E-state index is 11.6. The third-order valence-electron chi connectivity index (χ3n) is 4.82. The molecule has 1 unspecified atom stereocenters. The fourth-order valence-corrected chi connectivity index (χ4v) is 4.22. The summed E-state index contributed by atoms with van der Waals surface area (Å²) in [6, 6.07) is 4.21. The summed E-state index contributed by atoms with van der Waals surface area (Å²) >= 11 is 3.73. The van der Waals surface area contributed by atoms with E-state index in [9.17, 15) is 4.79 Å². The van der Waals surface area contributed by atoms with Gasteiger partial charge in [-0.3, -0.25) is 4.98 Å². The van der Waals surface area contributed by atoms with E-state index < -0.39 is 0 Å². The molecular weight excluding hydrogens is 358 g/mol. The molecule has 0 saturated carbocycles. The van der Waals surface area contributed by atoms with Gasteiger partial charge in [0.05, 0.1) is 29.4 Å². The summed E-state index contributed by atoms with van der Waals surface area (Å²) in [6.45, 7) is 6.04. The van der Waals surface area contributed by atoms with E-state index in [-0.39, 0.29) is 11.1 Å². The van der Waals surface area contributed by atoms with Crippen LogP contribution in [0, 0.1) is 5.41 Å². The molecule has 1 fully saturated rings. The lowest BCUT2D eigenvalue weighted by molar-refractivity contribution is -0.00467. The van der Waals surface area contributed by atoms with Crippen LogP contribution in [-0.4, -0.2) is 28.2 Å². The highest BCUT2D eigenvalue weighted by molar-refractivity contribution is 9.10. The average molecular weight is 376 g/mol. The molecule has 3 heterocycles. The molecule has 23 heavy (non-hydrogen) atoms. The number of hydrogen-bond acceptors (Lipinski definition) is 3. The summed E-state index contributed by atoms with van der Waals surface area (Å²) in [7, 11) is 0. The van der Waals surface area contributed by atoms with Crippen LogP contribution in [0.2, 0.25) is 0 Å². The van der Waals surface area contributed by atoms with Gasteiger partial charge in [-0.2, -0.15) is 0 Å². The molecule has 1 saturated heterocycles. The topological polar surface area (TPSA) is 70.8 Å². The van der Waals surface area contributed by atoms with Gasteiger partial charge < -0.3 is 14.7 Å². The van der Waals surface area contributed by atoms with Crippen molar-refractivity contribution >= 4 is 37.9 Å². The first kappa shape index (κ1) is 14.9. The first-order valence-electron chi connectivity index (χ1n) is 7.73. The van der Waals surface area contributed by atoms with Crippen LogP contribution in [0.25, 0.3) is 21.9 Å². The molecule has 0 aliphatic carbocycles. The van der Waals surface area contributed by atoms with Crippen LogP contribution in [0.1, 0.15) is 31.7 Å². The van der Waals surface area contributed by atoms with E-state index in [1.54, 1.807) is 6.20 Å². The molecule has 1 aliphatic heterocycles. The number of fused-ring (bicyclic) bond motifs is 3. The molecule has 0 bridgehead atoms. The van der Waals surface area contributed by atoms with Gasteiger partial charge in [-0.05, 0) is 35.4 Å². The molecule has 0 radical (unpaired) electrons. The van der Waals surface area contributed by atoms with E-state index in [1.165, 1.54) is 5.56 Å². The smallest absolute Gasteiger partial charge is 0.323 e. The van der Waals surface area contributed by atoms with Gasteiger partial charge in [0, 0.05) is 16.5 Å². The molecule has 120 valence electrons. The normalized spacial score (nSPS) is 21.1. The summed E-state index contributed by atoms with van der Waals surface area (Å²) in [6.07, 6.45) is 2.71. The van der Waals surface area contributed by atoms with E-state index in [2.05, 4.69) is 56.9 Å². The van der Waals surface area contributed by atoms with Crippen molar-refractivity contribution in [2.24, 2.45) is 5.41 Å². The lowest BCUT2D eigenvalue weighted by atomic mass is 9.72. The lowest BCUT2D eigenvalue weighted by Gasteiger charge is -2.39. The van der Waals surface area contributed by atoms with Crippen molar-refractivity contribution in [1.29, 1.82) is 0 Å². The maximum Gasteiger partial charge on any atom is 0.323 e. The van der Waals surface area contributed by atoms with Crippen molar-refractivity contribution in [3.8, 4) is 0 Å². The Morgan fingerprint density at radius 2 is 2.17 bits per heavy atom. The first-order chi connectivity index (χ1) is 11.0. The Morgan fingerprint density at radius 1 is 1.35 bits per heavy atom. The summed E-state index contributed by atoms with van der Waals surface area (Å²) < 4.78 is 6.71. The number of halogens is 1. The molecular formula is C17H18BrN3O2. The second-order valence-corrected chi connectivity index (χ2v) is 7.75. The number of pyridine rings is 1. The number of aromatic nitrogens is 3. The molecule has 1 atom stereocenters. The number of benzene rings is 1. The largest absolute Gasteiger partial charge is 0.381 e. The van der Waals surface area contributed by atoms with Gasteiger partial charge in [0.25, 0.3) is 0 Å². The maximum atomic E-state index is 11.6. The van der Waals surface area contributed by atoms with E-state index in [1.807, 2.05) is 0 Å². The summed E-state index contributed by atoms with van der Waals surface area (Å²) in [5.41, 5.74) is 3.57. The van der Waals surface area contributed by atoms with Crippen molar-refractivity contribution in [2.45, 2.75) is 26.2 Å². The summed E-state index contributed by atoms with van der Waals surface area (Å²) in [4.78, 5) is 21.7. The second-order valence-electron chi connectivity index (χ2n) is 6.90. The molecule has 1 aliphatic rings. The van der Waals surface area contributed by atoms with Gasteiger partial charge >= 0.3 is 5.69 Å². The SMILES string of the molecule is CC1(C)COCCC1c1cc2ncc3[nH]c(=O)[nH]c3c2cc1Br. The number of rotatable bonds is 1. The van der Waals surface area contributed by atoms with Crippen LogP contribution in [0.4, 0.5) is 0 Å². The second kappa shape index (κ2) is 5.18. The third kappa shape index (κ3) is 2.40. The van der Waals surface area contributed by atoms with Crippen LogP contribution in [0.15, 0.2) is 27.6 Å². The zero-order valence-electron chi connectivity index (χ0n) is 13.1. The summed E-state index contributed by atoms with van der Waals surface area (Å²) in [5.74, 6) is 0.415. The predicted octanol–water partition coefficient (Wildman–Crippen LogP) is 3.70. The highest BCUT2D eigenvalue weighted by Crippen LogP contribution is 2.44. The van der Waals surface area contributed by atoms with E-state index >= 15 is 0 Å². The van der Waals surface area contributed by atoms with Crippen molar-refractivity contribution in [3.63, 3.8) is 0 Å². The minimum absolute atomic E-state index is 0.0843. The monoisotopic (exact) mass is 375 g/mol. The number of aromatic amines is 2. The molecule has 3 aromatic rings. The molecule has 6 heteroatoms. The Balaban J connectivity index is 1.93. The molecule has 0 spiro atoms. The van der Waals surface area contributed by atoms with Crippen LogP contribution in [-0.2, 0) is 4.74 Å². The molecule has 5 nitrogen and oxygen atoms in total. The third-order valence-corrected chi connectivity index (χ3v) is 5.50. The first-order valence-corrected chi connectivity index (χ1v) is 8.53. The number of nitrogens with zero attached hydrogens (tertiary/aromatic N) is 1. The number of nitrogens with one attached hydrogen (secondary N) is 2. The fraction of sp³-hybridized carbons (Fsp3) is 0.412. The quantitative estimate of drug-likeness (QED) is 0.681. The van der Waals surface area contributed by atoms with E-state index in [0.29, 0.717) is 5.92 Å². The molecule has 2 aromatic heterocycles. The van der Waals surface area contributed by atoms with Crippen LogP contribution >= 0.6 is 15.9 Å². The van der Waals surface area contributed by atoms with Crippen LogP contribution in [0.3, 0.4) is 0 Å². The van der Waals surface area contributed by atoms with Crippen molar-refractivity contribution in [1.82, 2.24) is 15.0 Å². The number of H-pyrrole nitrogens is 2. The Morgan fingerprint density at radius 3 is 2.96 bits per heavy atom. The molecule has 2 N–H and O–H groups in total. The van der Waals surface area contributed by atoms with Crippen molar-refractivity contribution < 1.29 is 4.74 Å². The van der Waals surface area contributed by atoms with E-state index in [4.69, 9.17) is 4.74 Å². The number of hydrogen-bond donors (Lipinski definition) is 2. The van der Waals surface area contributed by atoms with Gasteiger partial charge in [-0.15, -0.1) is 0 Å². The zero-order valence-corrected chi connectivity index (χ0v) is 14.7. The highest BCUT2D eigenvalue weighted by atomic mass is 79.9. The average Bonchev–Trinajstić information content (AvgIpc) is 2.87. The Labute approximate surface area is 141 Å². The number of imidazole rings is 1. The number of ether oxygens (including phenoxy) is 1. The zero-order chi connectivity index (χ0) is 16.2. The lowest BCUT2D eigenvalue weighted by Crippen LogP contribution is -2.33. The molecule has 1 aromatic carbocycles. The van der Waals surface area contributed by atoms with Gasteiger partial charge in [-0.1, -0.05) is 29.8 Å². The van der Waals surface area contributed by atoms with Gasteiger partial charge in [0.15, 0.2) is 0 Å². The van der Waals surface area contributed by atoms with Crippen LogP contribution in [0.5, 0.6) is 0 Å². The molecule has 0 amide bonds. The van der Waals surface area contributed by atoms with Gasteiger partial charge in [0.2, 0.25) is 0 Å². The predicted molar refractivity (Wildman–Crippen MR) is 93.9 cm³/mol. The minimum atomic E-state index is -0.208. The Bertz CT molecular complexity index is 958. The standard InChI is InChI=1S/C17H18BrN3O2/c1-17(2)8-23-4-3-11(17)9-6-13-10(5-12(9)18)15-14(7-19-13)20-16(22)21-15/h5-7,11H,3-4,8H2,1-2H3,(H2,20,21,22). The minimum Gasteiger partial charge on any atom is -0.381 e. The van der Waals surface area contributed by atoms with Crippen molar-refractivity contribution in [3.05, 3.63) is 38.9 Å². The summed E-state index contributed by atoms with van der Waals surface area (Å²) in [5, 5.41) is 0.946. The Hall–Kier alpha value is -1.66. The van der Waals surface area contributed by atoms with Crippen LogP contribution < -0.4 is 5.69 Å². The van der Waals surface area contributed by atoms with E-state index in [0.717, 1.165) is 46.0 Å². The van der Waals surface area contributed by atoms with Gasteiger partial charge in [0.1, 0.15) is 0 Å². The van der Waals surface area contributed by atoms with Gasteiger partial charge in [-0.25, -0.2) is 4.79 Å². The Kier molecular flexibility index (Phi) is 3.35. The molecule has 4 rings (SSSR count). The van der Waals surface area contributed by atoms with Crippen molar-refractivity contribution in [2.75, 3.05) is 13.2 Å². The highest BCUT2D eigenvalue weighted by Gasteiger charge is 2.35. The fourth-order valence-electron chi connectivity index (χ4n) is 3.60.